The normalized spacial score (nSPS) is 11.8. The van der Waals surface area contributed by atoms with Gasteiger partial charge in [-0.05, 0) is 77.0 Å². The maximum absolute atomic E-state index is 11.0. The minimum atomic E-state index is -1.10. The molecule has 1 aromatic carbocycles. The Morgan fingerprint density at radius 1 is 1.04 bits per heavy atom. The molecule has 0 atom stereocenters. The Morgan fingerprint density at radius 2 is 1.76 bits per heavy atom. The first-order valence-electron chi connectivity index (χ1n) is 8.81. The van der Waals surface area contributed by atoms with E-state index in [0.29, 0.717) is 12.0 Å². The summed E-state index contributed by atoms with van der Waals surface area (Å²) in [6, 6.07) is 3.24. The highest BCUT2D eigenvalue weighted by atomic mass is 16.4. The molecule has 136 valence electrons. The van der Waals surface area contributed by atoms with Gasteiger partial charge in [0.1, 0.15) is 11.3 Å². The van der Waals surface area contributed by atoms with Gasteiger partial charge in [-0.15, -0.1) is 0 Å². The van der Waals surface area contributed by atoms with Crippen LogP contribution < -0.4 is 0 Å². The van der Waals surface area contributed by atoms with Crippen LogP contribution >= 0.6 is 0 Å². The lowest BCUT2D eigenvalue weighted by atomic mass is 10.0. The molecule has 0 fully saturated rings. The summed E-state index contributed by atoms with van der Waals surface area (Å²) in [6.07, 6.45) is 13.7. The van der Waals surface area contributed by atoms with Crippen LogP contribution in [0.5, 0.6) is 5.75 Å². The highest BCUT2D eigenvalue weighted by Gasteiger charge is 2.13. The number of aromatic hydroxyl groups is 1. The zero-order chi connectivity index (χ0) is 18.8. The van der Waals surface area contributed by atoms with E-state index in [4.69, 9.17) is 5.11 Å². The smallest absolute Gasteiger partial charge is 0.339 e. The SMILES string of the molecule is CC(C)=CCCC(C)=CCCC=CCc1ccc(C(=O)O)c(O)c1C. The Balaban J connectivity index is 2.45. The van der Waals surface area contributed by atoms with E-state index in [1.165, 1.54) is 17.2 Å². The van der Waals surface area contributed by atoms with Gasteiger partial charge in [-0.25, -0.2) is 4.79 Å². The molecule has 0 aliphatic carbocycles. The van der Waals surface area contributed by atoms with E-state index in [1.54, 1.807) is 13.0 Å². The van der Waals surface area contributed by atoms with E-state index in [-0.39, 0.29) is 11.3 Å². The minimum absolute atomic E-state index is 0.0426. The molecule has 0 aliphatic heterocycles. The predicted octanol–water partition coefficient (Wildman–Crippen LogP) is 5.97. The van der Waals surface area contributed by atoms with Crippen molar-refractivity contribution in [2.75, 3.05) is 0 Å². The van der Waals surface area contributed by atoms with Crippen LogP contribution in [0.3, 0.4) is 0 Å². The number of hydrogen-bond donors (Lipinski definition) is 2. The van der Waals surface area contributed by atoms with Gasteiger partial charge >= 0.3 is 5.97 Å². The number of aromatic carboxylic acids is 1. The number of unbranched alkanes of at least 4 members (excludes halogenated alkanes) is 1. The number of hydrogen-bond acceptors (Lipinski definition) is 2. The molecule has 0 heterocycles. The first-order valence-corrected chi connectivity index (χ1v) is 8.81. The number of rotatable bonds is 9. The van der Waals surface area contributed by atoms with Crippen LogP contribution in [0.15, 0.2) is 47.6 Å². The summed E-state index contributed by atoms with van der Waals surface area (Å²) in [7, 11) is 0. The van der Waals surface area contributed by atoms with Crippen LogP contribution in [-0.2, 0) is 6.42 Å². The summed E-state index contributed by atoms with van der Waals surface area (Å²) in [4.78, 5) is 11.0. The van der Waals surface area contributed by atoms with Crippen LogP contribution in [0.25, 0.3) is 0 Å². The van der Waals surface area contributed by atoms with Crippen molar-refractivity contribution < 1.29 is 15.0 Å². The van der Waals surface area contributed by atoms with Crippen molar-refractivity contribution >= 4 is 5.97 Å². The molecule has 3 nitrogen and oxygen atoms in total. The van der Waals surface area contributed by atoms with Gasteiger partial charge in [-0.2, -0.15) is 0 Å². The van der Waals surface area contributed by atoms with Crippen LogP contribution in [0.4, 0.5) is 0 Å². The van der Waals surface area contributed by atoms with E-state index in [2.05, 4.69) is 45.1 Å². The summed E-state index contributed by atoms with van der Waals surface area (Å²) in [5.74, 6) is -1.23. The van der Waals surface area contributed by atoms with Crippen molar-refractivity contribution in [1.29, 1.82) is 0 Å². The van der Waals surface area contributed by atoms with Gasteiger partial charge in [0.15, 0.2) is 0 Å². The summed E-state index contributed by atoms with van der Waals surface area (Å²) >= 11 is 0. The Hall–Kier alpha value is -2.29. The van der Waals surface area contributed by atoms with Gasteiger partial charge in [0.2, 0.25) is 0 Å². The monoisotopic (exact) mass is 342 g/mol. The number of allylic oxidation sites excluding steroid dienone is 6. The number of carboxylic acid groups (broad SMARTS) is 1. The molecule has 25 heavy (non-hydrogen) atoms. The molecule has 0 spiro atoms. The molecule has 0 aliphatic rings. The van der Waals surface area contributed by atoms with Crippen LogP contribution in [0.2, 0.25) is 0 Å². The average Bonchev–Trinajstić information content (AvgIpc) is 2.53. The molecule has 0 unspecified atom stereocenters. The van der Waals surface area contributed by atoms with Crippen LogP contribution in [0.1, 0.15) is 67.9 Å². The van der Waals surface area contributed by atoms with Gasteiger partial charge in [0.25, 0.3) is 0 Å². The molecule has 0 amide bonds. The summed E-state index contributed by atoms with van der Waals surface area (Å²) < 4.78 is 0. The predicted molar refractivity (Wildman–Crippen MR) is 104 cm³/mol. The zero-order valence-electron chi connectivity index (χ0n) is 15.8. The number of phenols is 1. The molecule has 0 saturated carbocycles. The highest BCUT2D eigenvalue weighted by molar-refractivity contribution is 5.91. The van der Waals surface area contributed by atoms with Crippen molar-refractivity contribution in [3.8, 4) is 5.75 Å². The fourth-order valence-electron chi connectivity index (χ4n) is 2.58. The van der Waals surface area contributed by atoms with Gasteiger partial charge in [-0.1, -0.05) is 41.5 Å². The van der Waals surface area contributed by atoms with Crippen molar-refractivity contribution in [3.05, 3.63) is 64.3 Å². The van der Waals surface area contributed by atoms with Gasteiger partial charge in [-0.3, -0.25) is 0 Å². The number of carbonyl (C=O) groups is 1. The molecular weight excluding hydrogens is 312 g/mol. The Morgan fingerprint density at radius 3 is 2.40 bits per heavy atom. The molecule has 1 rings (SSSR count). The van der Waals surface area contributed by atoms with Crippen LogP contribution in [0, 0.1) is 6.92 Å². The van der Waals surface area contributed by atoms with Crippen LogP contribution in [-0.4, -0.2) is 16.2 Å². The second-order valence-electron chi connectivity index (χ2n) is 6.67. The lowest BCUT2D eigenvalue weighted by Crippen LogP contribution is -2.00. The van der Waals surface area contributed by atoms with E-state index in [1.807, 2.05) is 0 Å². The molecule has 3 heteroatoms. The molecule has 0 radical (unpaired) electrons. The number of benzene rings is 1. The van der Waals surface area contributed by atoms with Crippen molar-refractivity contribution in [3.63, 3.8) is 0 Å². The molecule has 0 bridgehead atoms. The molecular formula is C22H30O3. The van der Waals surface area contributed by atoms with E-state index < -0.39 is 5.97 Å². The van der Waals surface area contributed by atoms with E-state index in [0.717, 1.165) is 31.2 Å². The second kappa shape index (κ2) is 10.5. The third-order valence-electron chi connectivity index (χ3n) is 4.20. The van der Waals surface area contributed by atoms with Crippen molar-refractivity contribution in [2.45, 2.75) is 59.8 Å². The largest absolute Gasteiger partial charge is 0.507 e. The maximum atomic E-state index is 11.0. The average molecular weight is 342 g/mol. The van der Waals surface area contributed by atoms with Gasteiger partial charge in [0, 0.05) is 0 Å². The first kappa shape index (κ1) is 20.8. The minimum Gasteiger partial charge on any atom is -0.507 e. The Kier molecular flexibility index (Phi) is 8.76. The topological polar surface area (TPSA) is 57.5 Å². The standard InChI is InChI=1S/C22H30O3/c1-16(2)10-9-12-17(3)11-7-5-6-8-13-19-14-15-20(22(24)25)21(23)18(19)4/h6,8,10-11,14-15,23H,5,7,9,12-13H2,1-4H3,(H,24,25). The number of carboxylic acids is 1. The molecule has 0 saturated heterocycles. The second-order valence-corrected chi connectivity index (χ2v) is 6.67. The summed E-state index contributed by atoms with van der Waals surface area (Å²) in [6.45, 7) is 8.18. The maximum Gasteiger partial charge on any atom is 0.339 e. The molecule has 0 aromatic heterocycles. The lowest BCUT2D eigenvalue weighted by Gasteiger charge is -2.08. The van der Waals surface area contributed by atoms with E-state index in [9.17, 15) is 9.90 Å². The Bertz CT molecular complexity index is 675. The third kappa shape index (κ3) is 7.42. The fourth-order valence-corrected chi connectivity index (χ4v) is 2.58. The first-order chi connectivity index (χ1) is 11.8. The van der Waals surface area contributed by atoms with Crippen molar-refractivity contribution in [2.24, 2.45) is 0 Å². The Labute approximate surface area is 151 Å². The van der Waals surface area contributed by atoms with Gasteiger partial charge < -0.3 is 10.2 Å². The fraction of sp³-hybridized carbons (Fsp3) is 0.409. The zero-order valence-corrected chi connectivity index (χ0v) is 15.8. The lowest BCUT2D eigenvalue weighted by molar-refractivity contribution is 0.0693. The van der Waals surface area contributed by atoms with Crippen molar-refractivity contribution in [1.82, 2.24) is 0 Å². The molecule has 2 N–H and O–H groups in total. The molecule has 1 aromatic rings. The summed E-state index contributed by atoms with van der Waals surface area (Å²) in [5, 5.41) is 18.9. The van der Waals surface area contributed by atoms with E-state index >= 15 is 0 Å². The van der Waals surface area contributed by atoms with Gasteiger partial charge in [0.05, 0.1) is 0 Å². The third-order valence-corrected chi connectivity index (χ3v) is 4.20. The highest BCUT2D eigenvalue weighted by Crippen LogP contribution is 2.25. The summed E-state index contributed by atoms with van der Waals surface area (Å²) in [5.41, 5.74) is 4.34. The quantitative estimate of drug-likeness (QED) is 0.429.